The summed E-state index contributed by atoms with van der Waals surface area (Å²) in [5.74, 6) is 1.21. The maximum atomic E-state index is 8.84. The topological polar surface area (TPSA) is 81.2 Å². The number of hydrogen-bond donors (Lipinski definition) is 1. The minimum absolute atomic E-state index is 0.314. The van der Waals surface area contributed by atoms with E-state index in [0.717, 1.165) is 15.6 Å². The lowest BCUT2D eigenvalue weighted by molar-refractivity contribution is 0.282. The van der Waals surface area contributed by atoms with Crippen LogP contribution >= 0.6 is 15.9 Å². The van der Waals surface area contributed by atoms with Crippen LogP contribution in [0.5, 0.6) is 11.5 Å². The first-order valence-electron chi connectivity index (χ1n) is 6.22. The van der Waals surface area contributed by atoms with Gasteiger partial charge in [-0.3, -0.25) is 0 Å². The fourth-order valence-electron chi connectivity index (χ4n) is 1.81. The van der Waals surface area contributed by atoms with Gasteiger partial charge in [-0.1, -0.05) is 0 Å². The Balaban J connectivity index is 2.21. The van der Waals surface area contributed by atoms with E-state index in [-0.39, 0.29) is 0 Å². The number of nitrogens with zero attached hydrogens (tertiary/aromatic N) is 2. The minimum atomic E-state index is 0.314. The van der Waals surface area contributed by atoms with E-state index >= 15 is 0 Å². The molecule has 0 unspecified atom stereocenters. The Morgan fingerprint density at radius 3 is 2.81 bits per heavy atom. The molecule has 0 bridgehead atoms. The van der Waals surface area contributed by atoms with E-state index in [2.05, 4.69) is 20.9 Å². The summed E-state index contributed by atoms with van der Waals surface area (Å²) in [5.41, 5.74) is 7.80. The second-order valence-corrected chi connectivity index (χ2v) is 5.12. The monoisotopic (exact) mass is 347 g/mol. The molecule has 0 saturated carbocycles. The average molecular weight is 348 g/mol. The van der Waals surface area contributed by atoms with Crippen molar-refractivity contribution >= 4 is 15.9 Å². The molecular formula is C15H14BrN3O2. The fraction of sp³-hybridized carbons (Fsp3) is 0.200. The number of benzene rings is 1. The number of halogens is 1. The number of aromatic nitrogens is 1. The van der Waals surface area contributed by atoms with Gasteiger partial charge in [0, 0.05) is 12.7 Å². The van der Waals surface area contributed by atoms with Gasteiger partial charge in [-0.05, 0) is 51.3 Å². The second-order valence-electron chi connectivity index (χ2n) is 4.26. The van der Waals surface area contributed by atoms with Crippen LogP contribution in [0.1, 0.15) is 16.8 Å². The van der Waals surface area contributed by atoms with Crippen LogP contribution in [0.4, 0.5) is 0 Å². The number of ether oxygens (including phenoxy) is 2. The largest absolute Gasteiger partial charge is 0.493 e. The molecule has 21 heavy (non-hydrogen) atoms. The molecule has 108 valence electrons. The molecule has 0 aliphatic carbocycles. The van der Waals surface area contributed by atoms with E-state index in [9.17, 15) is 0 Å². The van der Waals surface area contributed by atoms with Crippen molar-refractivity contribution in [3.05, 3.63) is 51.8 Å². The number of hydrogen-bond acceptors (Lipinski definition) is 5. The summed E-state index contributed by atoms with van der Waals surface area (Å²) in [6, 6.07) is 9.22. The predicted octanol–water partition coefficient (Wildman–Crippen LogP) is 2.76. The van der Waals surface area contributed by atoms with Gasteiger partial charge in [0.05, 0.1) is 11.6 Å². The molecule has 1 aromatic heterocycles. The molecule has 5 nitrogen and oxygen atoms in total. The van der Waals surface area contributed by atoms with Crippen LogP contribution in [-0.4, -0.2) is 12.1 Å². The van der Waals surface area contributed by atoms with E-state index < -0.39 is 0 Å². The molecule has 0 atom stereocenters. The highest BCUT2D eigenvalue weighted by molar-refractivity contribution is 9.10. The van der Waals surface area contributed by atoms with Crippen molar-refractivity contribution in [3.8, 4) is 17.6 Å². The molecular weight excluding hydrogens is 334 g/mol. The van der Waals surface area contributed by atoms with Crippen molar-refractivity contribution < 1.29 is 9.47 Å². The highest BCUT2D eigenvalue weighted by Gasteiger charge is 2.11. The summed E-state index contributed by atoms with van der Waals surface area (Å²) < 4.78 is 11.9. The van der Waals surface area contributed by atoms with Crippen LogP contribution in [0.2, 0.25) is 0 Å². The zero-order valence-electron chi connectivity index (χ0n) is 11.5. The van der Waals surface area contributed by atoms with Gasteiger partial charge in [-0.15, -0.1) is 0 Å². The molecule has 0 aliphatic rings. The lowest BCUT2D eigenvalue weighted by Crippen LogP contribution is -2.02. The van der Waals surface area contributed by atoms with E-state index in [1.165, 1.54) is 0 Å². The van der Waals surface area contributed by atoms with E-state index in [4.69, 9.17) is 20.5 Å². The molecule has 2 N–H and O–H groups in total. The molecule has 0 aliphatic heterocycles. The zero-order valence-corrected chi connectivity index (χ0v) is 13.1. The van der Waals surface area contributed by atoms with Crippen LogP contribution in [-0.2, 0) is 13.2 Å². The SMILES string of the molecule is COc1cc(CN)cc(Br)c1OCc1ccnc(C#N)c1. The Morgan fingerprint density at radius 1 is 1.33 bits per heavy atom. The second kappa shape index (κ2) is 7.07. The number of rotatable bonds is 5. The Morgan fingerprint density at radius 2 is 2.14 bits per heavy atom. The molecule has 2 rings (SSSR count). The van der Waals surface area contributed by atoms with E-state index in [1.54, 1.807) is 25.4 Å². The third-order valence-electron chi connectivity index (χ3n) is 2.85. The van der Waals surface area contributed by atoms with Gasteiger partial charge in [-0.25, -0.2) is 4.98 Å². The lowest BCUT2D eigenvalue weighted by atomic mass is 10.2. The van der Waals surface area contributed by atoms with Crippen molar-refractivity contribution in [2.45, 2.75) is 13.2 Å². The highest BCUT2D eigenvalue weighted by atomic mass is 79.9. The van der Waals surface area contributed by atoms with Gasteiger partial charge in [0.1, 0.15) is 18.4 Å². The molecule has 0 fully saturated rings. The standard InChI is InChI=1S/C15H14BrN3O2/c1-20-14-6-11(7-17)5-13(16)15(14)21-9-10-2-3-19-12(4-10)8-18/h2-6H,7,9,17H2,1H3. The summed E-state index contributed by atoms with van der Waals surface area (Å²) >= 11 is 3.46. The van der Waals surface area contributed by atoms with Crippen molar-refractivity contribution in [1.82, 2.24) is 4.98 Å². The maximum absolute atomic E-state index is 8.84. The van der Waals surface area contributed by atoms with Gasteiger partial charge in [-0.2, -0.15) is 5.26 Å². The van der Waals surface area contributed by atoms with Crippen molar-refractivity contribution in [2.24, 2.45) is 5.73 Å². The van der Waals surface area contributed by atoms with Crippen molar-refractivity contribution in [3.63, 3.8) is 0 Å². The summed E-state index contributed by atoms with van der Waals surface area (Å²) in [5, 5.41) is 8.84. The fourth-order valence-corrected chi connectivity index (χ4v) is 2.42. The first kappa shape index (κ1) is 15.3. The van der Waals surface area contributed by atoms with Crippen LogP contribution < -0.4 is 15.2 Å². The molecule has 6 heteroatoms. The molecule has 0 radical (unpaired) electrons. The van der Waals surface area contributed by atoms with Gasteiger partial charge in [0.2, 0.25) is 0 Å². The number of methoxy groups -OCH3 is 1. The van der Waals surface area contributed by atoms with E-state index in [0.29, 0.717) is 30.3 Å². The molecule has 1 heterocycles. The summed E-state index contributed by atoms with van der Waals surface area (Å²) in [6.07, 6.45) is 1.58. The van der Waals surface area contributed by atoms with Crippen molar-refractivity contribution in [1.29, 1.82) is 5.26 Å². The lowest BCUT2D eigenvalue weighted by Gasteiger charge is -2.14. The molecule has 0 amide bonds. The molecule has 0 saturated heterocycles. The van der Waals surface area contributed by atoms with Crippen LogP contribution in [0, 0.1) is 11.3 Å². The van der Waals surface area contributed by atoms with Crippen LogP contribution in [0.25, 0.3) is 0 Å². The van der Waals surface area contributed by atoms with Gasteiger partial charge in [0.15, 0.2) is 11.5 Å². The Labute approximate surface area is 131 Å². The summed E-state index contributed by atoms with van der Waals surface area (Å²) in [4.78, 5) is 3.92. The van der Waals surface area contributed by atoms with Crippen LogP contribution in [0.15, 0.2) is 34.9 Å². The third-order valence-corrected chi connectivity index (χ3v) is 3.44. The van der Waals surface area contributed by atoms with E-state index in [1.807, 2.05) is 18.2 Å². The Hall–Kier alpha value is -2.10. The van der Waals surface area contributed by atoms with Crippen molar-refractivity contribution in [2.75, 3.05) is 7.11 Å². The average Bonchev–Trinajstić information content (AvgIpc) is 2.53. The quantitative estimate of drug-likeness (QED) is 0.899. The minimum Gasteiger partial charge on any atom is -0.493 e. The van der Waals surface area contributed by atoms with Gasteiger partial charge in [0.25, 0.3) is 0 Å². The number of pyridine rings is 1. The first-order chi connectivity index (χ1) is 10.2. The summed E-state index contributed by atoms with van der Waals surface area (Å²) in [6.45, 7) is 0.735. The molecule has 0 spiro atoms. The predicted molar refractivity (Wildman–Crippen MR) is 81.9 cm³/mol. The molecule has 2 aromatic rings. The zero-order chi connectivity index (χ0) is 15.2. The maximum Gasteiger partial charge on any atom is 0.175 e. The number of nitriles is 1. The smallest absolute Gasteiger partial charge is 0.175 e. The highest BCUT2D eigenvalue weighted by Crippen LogP contribution is 2.37. The summed E-state index contributed by atoms with van der Waals surface area (Å²) in [7, 11) is 1.58. The third kappa shape index (κ3) is 3.72. The Bertz CT molecular complexity index is 683. The first-order valence-corrected chi connectivity index (χ1v) is 7.01. The normalized spacial score (nSPS) is 10.0. The van der Waals surface area contributed by atoms with Crippen LogP contribution in [0.3, 0.4) is 0 Å². The Kier molecular flexibility index (Phi) is 5.14. The van der Waals surface area contributed by atoms with Gasteiger partial charge >= 0.3 is 0 Å². The molecule has 1 aromatic carbocycles. The van der Waals surface area contributed by atoms with Gasteiger partial charge < -0.3 is 15.2 Å². The number of nitrogens with two attached hydrogens (primary N) is 1.